The van der Waals surface area contributed by atoms with E-state index in [4.69, 9.17) is 11.6 Å². The molecule has 1 aliphatic carbocycles. The maximum Gasteiger partial charge on any atom is 0.0485 e. The average Bonchev–Trinajstić information content (AvgIpc) is 2.87. The summed E-state index contributed by atoms with van der Waals surface area (Å²) in [7, 11) is 0. The Kier molecular flexibility index (Phi) is 4.63. The Bertz CT molecular complexity index is 624. The summed E-state index contributed by atoms with van der Waals surface area (Å²) in [6.45, 7) is 3.06. The van der Waals surface area contributed by atoms with Crippen molar-refractivity contribution in [3.8, 4) is 0 Å². The predicted octanol–water partition coefficient (Wildman–Crippen LogP) is 4.88. The average molecular weight is 366 g/mol. The summed E-state index contributed by atoms with van der Waals surface area (Å²) in [5, 5.41) is 4.38. The van der Waals surface area contributed by atoms with Crippen LogP contribution < -0.4 is 5.32 Å². The number of nitrogens with zero attached hydrogens (tertiary/aromatic N) is 1. The van der Waals surface area contributed by atoms with Crippen molar-refractivity contribution in [2.45, 2.75) is 31.7 Å². The van der Waals surface area contributed by atoms with Crippen LogP contribution in [0.1, 0.15) is 42.1 Å². The fourth-order valence-electron chi connectivity index (χ4n) is 3.24. The summed E-state index contributed by atoms with van der Waals surface area (Å²) >= 11 is 9.77. The molecule has 1 N–H and O–H groups in total. The van der Waals surface area contributed by atoms with Crippen molar-refractivity contribution in [2.24, 2.45) is 0 Å². The lowest BCUT2D eigenvalue weighted by Crippen LogP contribution is -2.26. The smallest absolute Gasteiger partial charge is 0.0485 e. The van der Waals surface area contributed by atoms with Gasteiger partial charge in [0, 0.05) is 33.3 Å². The molecule has 1 aromatic heterocycles. The van der Waals surface area contributed by atoms with E-state index in [1.807, 2.05) is 18.3 Å². The number of nitrogens with one attached hydrogen (secondary N) is 1. The van der Waals surface area contributed by atoms with Gasteiger partial charge in [0.05, 0.1) is 0 Å². The molecule has 0 spiro atoms. The fourth-order valence-corrected chi connectivity index (χ4v) is 4.12. The third kappa shape index (κ3) is 3.15. The van der Waals surface area contributed by atoms with Gasteiger partial charge in [0.15, 0.2) is 0 Å². The minimum atomic E-state index is 0.251. The van der Waals surface area contributed by atoms with Gasteiger partial charge in [-0.3, -0.25) is 4.98 Å². The molecule has 4 heteroatoms. The maximum atomic E-state index is 6.23. The number of halogens is 2. The number of fused-ring (bicyclic) bond motifs is 1. The Hall–Kier alpha value is -0.900. The topological polar surface area (TPSA) is 24.9 Å². The highest BCUT2D eigenvalue weighted by molar-refractivity contribution is 9.10. The Balaban J connectivity index is 1.99. The van der Waals surface area contributed by atoms with E-state index >= 15 is 0 Å². The van der Waals surface area contributed by atoms with Crippen LogP contribution in [0.4, 0.5) is 0 Å². The Morgan fingerprint density at radius 3 is 3.05 bits per heavy atom. The van der Waals surface area contributed by atoms with Crippen molar-refractivity contribution in [3.05, 3.63) is 62.8 Å². The molecule has 1 aromatic carbocycles. The molecule has 2 unspecified atom stereocenters. The third-order valence-electron chi connectivity index (χ3n) is 4.07. The summed E-state index contributed by atoms with van der Waals surface area (Å²) in [6, 6.07) is 10.6. The molecule has 0 saturated heterocycles. The summed E-state index contributed by atoms with van der Waals surface area (Å²) in [6.07, 6.45) is 4.14. The van der Waals surface area contributed by atoms with E-state index in [1.165, 1.54) is 16.8 Å². The number of pyridine rings is 1. The van der Waals surface area contributed by atoms with Crippen molar-refractivity contribution in [2.75, 3.05) is 6.54 Å². The number of aromatic nitrogens is 1. The molecule has 110 valence electrons. The van der Waals surface area contributed by atoms with Crippen LogP contribution in [0, 0.1) is 0 Å². The zero-order chi connectivity index (χ0) is 14.8. The highest BCUT2D eigenvalue weighted by Gasteiger charge is 2.31. The predicted molar refractivity (Wildman–Crippen MR) is 90.9 cm³/mol. The zero-order valence-electron chi connectivity index (χ0n) is 11.9. The molecule has 0 radical (unpaired) electrons. The molecular weight excluding hydrogens is 348 g/mol. The van der Waals surface area contributed by atoms with Gasteiger partial charge >= 0.3 is 0 Å². The van der Waals surface area contributed by atoms with Gasteiger partial charge in [-0.25, -0.2) is 0 Å². The van der Waals surface area contributed by atoms with Gasteiger partial charge in [0.2, 0.25) is 0 Å². The monoisotopic (exact) mass is 364 g/mol. The molecule has 0 aliphatic heterocycles. The van der Waals surface area contributed by atoms with E-state index in [1.54, 1.807) is 0 Å². The largest absolute Gasteiger partial charge is 0.310 e. The van der Waals surface area contributed by atoms with E-state index in [-0.39, 0.29) is 6.04 Å². The highest BCUT2D eigenvalue weighted by Crippen LogP contribution is 2.41. The molecule has 0 bridgehead atoms. The number of benzene rings is 1. The van der Waals surface area contributed by atoms with E-state index in [0.717, 1.165) is 28.9 Å². The van der Waals surface area contributed by atoms with Crippen LogP contribution in [0.5, 0.6) is 0 Å². The van der Waals surface area contributed by atoms with Gasteiger partial charge in [-0.15, -0.1) is 0 Å². The number of hydrogen-bond acceptors (Lipinski definition) is 2. The van der Waals surface area contributed by atoms with Crippen molar-refractivity contribution >= 4 is 27.5 Å². The molecule has 0 fully saturated rings. The second-order valence-electron chi connectivity index (χ2n) is 5.43. The second kappa shape index (κ2) is 6.47. The van der Waals surface area contributed by atoms with Gasteiger partial charge in [0.1, 0.15) is 0 Å². The summed E-state index contributed by atoms with van der Waals surface area (Å²) in [4.78, 5) is 4.63. The molecule has 0 saturated carbocycles. The lowest BCUT2D eigenvalue weighted by atomic mass is 9.90. The van der Waals surface area contributed by atoms with Crippen molar-refractivity contribution < 1.29 is 0 Å². The minimum absolute atomic E-state index is 0.251. The molecule has 2 atom stereocenters. The summed E-state index contributed by atoms with van der Waals surface area (Å²) in [5.41, 5.74) is 3.84. The second-order valence-corrected chi connectivity index (χ2v) is 6.78. The molecule has 1 aliphatic rings. The van der Waals surface area contributed by atoms with E-state index < -0.39 is 0 Å². The van der Waals surface area contributed by atoms with Gasteiger partial charge < -0.3 is 5.32 Å². The first-order chi connectivity index (χ1) is 10.2. The lowest BCUT2D eigenvalue weighted by Gasteiger charge is -2.25. The molecule has 2 aromatic rings. The fraction of sp³-hybridized carbons (Fsp3) is 0.353. The summed E-state index contributed by atoms with van der Waals surface area (Å²) < 4.78 is 1.02. The minimum Gasteiger partial charge on any atom is -0.310 e. The first-order valence-electron chi connectivity index (χ1n) is 7.32. The van der Waals surface area contributed by atoms with E-state index in [9.17, 15) is 0 Å². The van der Waals surface area contributed by atoms with Gasteiger partial charge in [0.25, 0.3) is 0 Å². The van der Waals surface area contributed by atoms with Crippen LogP contribution >= 0.6 is 27.5 Å². The SMILES string of the molecule is CCNC(c1cc(Cl)cc(Br)c1)C1CCc2cccnc21. The Morgan fingerprint density at radius 2 is 2.29 bits per heavy atom. The summed E-state index contributed by atoms with van der Waals surface area (Å²) in [5.74, 6) is 0.409. The van der Waals surface area contributed by atoms with Gasteiger partial charge in [-0.05, 0) is 54.8 Å². The van der Waals surface area contributed by atoms with Crippen molar-refractivity contribution in [1.82, 2.24) is 10.3 Å². The normalized spacial score (nSPS) is 18.5. The maximum absolute atomic E-state index is 6.23. The van der Waals surface area contributed by atoms with Crippen LogP contribution in [0.3, 0.4) is 0 Å². The van der Waals surface area contributed by atoms with Crippen molar-refractivity contribution in [3.63, 3.8) is 0 Å². The van der Waals surface area contributed by atoms with Gasteiger partial charge in [-0.1, -0.05) is 40.5 Å². The highest BCUT2D eigenvalue weighted by atomic mass is 79.9. The van der Waals surface area contributed by atoms with Crippen LogP contribution in [0.15, 0.2) is 41.0 Å². The standard InChI is InChI=1S/C17H18BrClN2/c1-2-20-17(12-8-13(18)10-14(19)9-12)15-6-5-11-4-3-7-21-16(11)15/h3-4,7-10,15,17,20H,2,5-6H2,1H3. The lowest BCUT2D eigenvalue weighted by molar-refractivity contribution is 0.447. The quantitative estimate of drug-likeness (QED) is 0.835. The van der Waals surface area contributed by atoms with Crippen LogP contribution in [0.25, 0.3) is 0 Å². The van der Waals surface area contributed by atoms with Gasteiger partial charge in [-0.2, -0.15) is 0 Å². The molecule has 0 amide bonds. The molecule has 3 rings (SSSR count). The van der Waals surface area contributed by atoms with Crippen LogP contribution in [0.2, 0.25) is 5.02 Å². The molecular formula is C17H18BrClN2. The molecule has 1 heterocycles. The molecule has 2 nitrogen and oxygen atoms in total. The Morgan fingerprint density at radius 1 is 1.43 bits per heavy atom. The van der Waals surface area contributed by atoms with Crippen LogP contribution in [-0.4, -0.2) is 11.5 Å². The first-order valence-corrected chi connectivity index (χ1v) is 8.49. The Labute approximate surface area is 139 Å². The van der Waals surface area contributed by atoms with E-state index in [2.05, 4.69) is 51.4 Å². The first kappa shape index (κ1) is 15.0. The zero-order valence-corrected chi connectivity index (χ0v) is 14.3. The number of likely N-dealkylation sites (N-methyl/N-ethyl adjacent to an activating group) is 1. The third-order valence-corrected chi connectivity index (χ3v) is 4.75. The molecule has 21 heavy (non-hydrogen) atoms. The van der Waals surface area contributed by atoms with Crippen LogP contribution in [-0.2, 0) is 6.42 Å². The van der Waals surface area contributed by atoms with Crippen molar-refractivity contribution in [1.29, 1.82) is 0 Å². The number of aryl methyl sites for hydroxylation is 1. The number of rotatable bonds is 4. The van der Waals surface area contributed by atoms with E-state index in [0.29, 0.717) is 5.92 Å². The number of hydrogen-bond donors (Lipinski definition) is 1.